The predicted octanol–water partition coefficient (Wildman–Crippen LogP) is 0.367. The Morgan fingerprint density at radius 3 is 2.89 bits per heavy atom. The number of hydrogen-bond acceptors (Lipinski definition) is 5. The monoisotopic (exact) mass is 248 g/mol. The number of fused-ring (bicyclic) bond motifs is 1. The second kappa shape index (κ2) is 4.55. The molecule has 3 heterocycles. The molecule has 6 heteroatoms. The van der Waals surface area contributed by atoms with Gasteiger partial charge in [-0.05, 0) is 13.0 Å². The molecule has 1 aliphatic rings. The number of rotatable bonds is 2. The second-order valence-corrected chi connectivity index (χ2v) is 4.35. The molecule has 1 aliphatic heterocycles. The molecular formula is C12H16N4O2. The van der Waals surface area contributed by atoms with Crippen LogP contribution in [0.2, 0.25) is 0 Å². The third-order valence-corrected chi connectivity index (χ3v) is 3.32. The van der Waals surface area contributed by atoms with E-state index in [2.05, 4.69) is 15.0 Å². The highest BCUT2D eigenvalue weighted by molar-refractivity contribution is 5.69. The molecule has 0 atom stereocenters. The van der Waals surface area contributed by atoms with Crippen LogP contribution in [0.3, 0.4) is 0 Å². The zero-order chi connectivity index (χ0) is 12.5. The van der Waals surface area contributed by atoms with Gasteiger partial charge in [0.05, 0.1) is 43.1 Å². The highest BCUT2D eigenvalue weighted by Gasteiger charge is 2.17. The summed E-state index contributed by atoms with van der Waals surface area (Å²) in [7, 11) is 0. The number of nitrogens with zero attached hydrogens (tertiary/aromatic N) is 4. The van der Waals surface area contributed by atoms with Gasteiger partial charge < -0.3 is 14.7 Å². The number of aromatic nitrogens is 3. The van der Waals surface area contributed by atoms with E-state index in [0.29, 0.717) is 5.69 Å². The molecule has 1 fully saturated rings. The zero-order valence-electron chi connectivity index (χ0n) is 10.3. The first kappa shape index (κ1) is 11.4. The van der Waals surface area contributed by atoms with Crippen molar-refractivity contribution >= 4 is 11.3 Å². The number of morpholine rings is 1. The van der Waals surface area contributed by atoms with E-state index < -0.39 is 0 Å². The quantitative estimate of drug-likeness (QED) is 0.831. The summed E-state index contributed by atoms with van der Waals surface area (Å²) in [5.74, 6) is 0. The van der Waals surface area contributed by atoms with Crippen LogP contribution < -0.4 is 4.90 Å². The first-order valence-electron chi connectivity index (χ1n) is 6.08. The molecule has 6 nitrogen and oxygen atoms in total. The van der Waals surface area contributed by atoms with Crippen LogP contribution in [0.4, 0.5) is 5.69 Å². The van der Waals surface area contributed by atoms with Crippen molar-refractivity contribution in [3.05, 3.63) is 23.7 Å². The smallest absolute Gasteiger partial charge is 0.177 e. The fourth-order valence-electron chi connectivity index (χ4n) is 2.29. The number of hydrogen-bond donors (Lipinski definition) is 1. The molecule has 3 rings (SSSR count). The summed E-state index contributed by atoms with van der Waals surface area (Å²) < 4.78 is 7.15. The van der Waals surface area contributed by atoms with Crippen molar-refractivity contribution in [3.63, 3.8) is 0 Å². The van der Waals surface area contributed by atoms with Gasteiger partial charge in [-0.2, -0.15) is 5.10 Å². The molecule has 0 unspecified atom stereocenters. The summed E-state index contributed by atoms with van der Waals surface area (Å²) in [6, 6.07) is 1.97. The number of ether oxygens (including phenoxy) is 1. The summed E-state index contributed by atoms with van der Waals surface area (Å²) in [4.78, 5) is 6.72. The van der Waals surface area contributed by atoms with E-state index in [1.165, 1.54) is 0 Å². The highest BCUT2D eigenvalue weighted by atomic mass is 16.5. The average molecular weight is 248 g/mol. The molecule has 96 valence electrons. The van der Waals surface area contributed by atoms with Gasteiger partial charge in [0.15, 0.2) is 5.65 Å². The van der Waals surface area contributed by atoms with Gasteiger partial charge in [-0.1, -0.05) is 0 Å². The fraction of sp³-hybridized carbons (Fsp3) is 0.500. The minimum absolute atomic E-state index is 0.0578. The number of aliphatic hydroxyl groups excluding tert-OH is 1. The number of imidazole rings is 1. The number of aliphatic hydroxyl groups is 1. The molecule has 0 aromatic carbocycles. The van der Waals surface area contributed by atoms with Crippen LogP contribution in [0.15, 0.2) is 12.3 Å². The van der Waals surface area contributed by atoms with Crippen molar-refractivity contribution in [3.8, 4) is 0 Å². The molecule has 2 aromatic rings. The van der Waals surface area contributed by atoms with Crippen molar-refractivity contribution in [2.24, 2.45) is 0 Å². The van der Waals surface area contributed by atoms with Crippen molar-refractivity contribution in [2.75, 3.05) is 31.2 Å². The Hall–Kier alpha value is -1.66. The van der Waals surface area contributed by atoms with Crippen LogP contribution in [-0.2, 0) is 11.3 Å². The Balaban J connectivity index is 2.11. The first-order chi connectivity index (χ1) is 8.81. The van der Waals surface area contributed by atoms with Crippen LogP contribution in [-0.4, -0.2) is 46.0 Å². The van der Waals surface area contributed by atoms with E-state index in [-0.39, 0.29) is 6.61 Å². The van der Waals surface area contributed by atoms with Crippen molar-refractivity contribution in [1.82, 2.24) is 14.6 Å². The first-order valence-corrected chi connectivity index (χ1v) is 6.08. The van der Waals surface area contributed by atoms with E-state index in [4.69, 9.17) is 4.74 Å². The van der Waals surface area contributed by atoms with Crippen LogP contribution in [0, 0.1) is 6.92 Å². The van der Waals surface area contributed by atoms with Gasteiger partial charge in [-0.15, -0.1) is 0 Å². The Morgan fingerprint density at radius 1 is 1.39 bits per heavy atom. The molecule has 2 aromatic heterocycles. The van der Waals surface area contributed by atoms with E-state index >= 15 is 0 Å². The molecule has 1 N–H and O–H groups in total. The lowest BCUT2D eigenvalue weighted by molar-refractivity contribution is 0.123. The molecule has 1 saturated heterocycles. The van der Waals surface area contributed by atoms with E-state index in [0.717, 1.165) is 43.3 Å². The van der Waals surface area contributed by atoms with Crippen molar-refractivity contribution < 1.29 is 9.84 Å². The summed E-state index contributed by atoms with van der Waals surface area (Å²) in [6.45, 7) is 5.06. The largest absolute Gasteiger partial charge is 0.390 e. The standard InChI is InChI=1S/C12H16N4O2/c1-9-10(8-17)14-12-11(2-3-13-16(9)12)15-4-6-18-7-5-15/h2-3,17H,4-8H2,1H3. The van der Waals surface area contributed by atoms with Crippen LogP contribution in [0.5, 0.6) is 0 Å². The molecular weight excluding hydrogens is 232 g/mol. The lowest BCUT2D eigenvalue weighted by Crippen LogP contribution is -2.36. The van der Waals surface area contributed by atoms with Crippen LogP contribution in [0.25, 0.3) is 5.65 Å². The van der Waals surface area contributed by atoms with Gasteiger partial charge in [-0.3, -0.25) is 0 Å². The topological polar surface area (TPSA) is 62.9 Å². The summed E-state index contributed by atoms with van der Waals surface area (Å²) in [5.41, 5.74) is 3.43. The molecule has 0 radical (unpaired) electrons. The highest BCUT2D eigenvalue weighted by Crippen LogP contribution is 2.23. The van der Waals surface area contributed by atoms with E-state index in [1.807, 2.05) is 13.0 Å². The van der Waals surface area contributed by atoms with E-state index in [9.17, 15) is 5.11 Å². The predicted molar refractivity (Wildman–Crippen MR) is 66.7 cm³/mol. The third kappa shape index (κ3) is 1.74. The number of anilines is 1. The van der Waals surface area contributed by atoms with Gasteiger partial charge in [-0.25, -0.2) is 9.50 Å². The lowest BCUT2D eigenvalue weighted by Gasteiger charge is -2.28. The minimum Gasteiger partial charge on any atom is -0.390 e. The Labute approximate surface area is 105 Å². The maximum Gasteiger partial charge on any atom is 0.177 e. The maximum absolute atomic E-state index is 9.28. The molecule has 0 aliphatic carbocycles. The second-order valence-electron chi connectivity index (χ2n) is 4.35. The molecule has 18 heavy (non-hydrogen) atoms. The van der Waals surface area contributed by atoms with Gasteiger partial charge in [0.2, 0.25) is 0 Å². The Bertz CT molecular complexity index is 560. The van der Waals surface area contributed by atoms with Crippen molar-refractivity contribution in [1.29, 1.82) is 0 Å². The van der Waals surface area contributed by atoms with Crippen LogP contribution in [0.1, 0.15) is 11.4 Å². The van der Waals surface area contributed by atoms with Crippen LogP contribution >= 0.6 is 0 Å². The normalized spacial score (nSPS) is 16.4. The lowest BCUT2D eigenvalue weighted by atomic mass is 10.3. The summed E-state index contributed by atoms with van der Waals surface area (Å²) in [6.07, 6.45) is 1.77. The molecule has 0 spiro atoms. The van der Waals surface area contributed by atoms with Crippen molar-refractivity contribution in [2.45, 2.75) is 13.5 Å². The molecule has 0 bridgehead atoms. The number of aryl methyl sites for hydroxylation is 1. The minimum atomic E-state index is -0.0578. The van der Waals surface area contributed by atoms with Gasteiger partial charge >= 0.3 is 0 Å². The Kier molecular flexibility index (Phi) is 2.89. The van der Waals surface area contributed by atoms with E-state index in [1.54, 1.807) is 10.7 Å². The maximum atomic E-state index is 9.28. The van der Waals surface area contributed by atoms with Gasteiger partial charge in [0.25, 0.3) is 0 Å². The third-order valence-electron chi connectivity index (χ3n) is 3.32. The molecule has 0 amide bonds. The SMILES string of the molecule is Cc1c(CO)nc2c(N3CCOCC3)ccnn12. The zero-order valence-corrected chi connectivity index (χ0v) is 10.3. The Morgan fingerprint density at radius 2 is 2.17 bits per heavy atom. The summed E-state index contributed by atoms with van der Waals surface area (Å²) in [5, 5.41) is 13.6. The average Bonchev–Trinajstić information content (AvgIpc) is 2.77. The fourth-order valence-corrected chi connectivity index (χ4v) is 2.29. The molecule has 0 saturated carbocycles. The summed E-state index contributed by atoms with van der Waals surface area (Å²) >= 11 is 0. The van der Waals surface area contributed by atoms with Gasteiger partial charge in [0, 0.05) is 13.1 Å². The van der Waals surface area contributed by atoms with Gasteiger partial charge in [0.1, 0.15) is 0 Å².